The van der Waals surface area contributed by atoms with Crippen LogP contribution in [0, 0.1) is 5.41 Å². The van der Waals surface area contributed by atoms with E-state index in [-0.39, 0.29) is 5.41 Å². The number of hydrogen-bond donors (Lipinski definition) is 1. The van der Waals surface area contributed by atoms with Crippen LogP contribution >= 0.6 is 0 Å². The van der Waals surface area contributed by atoms with Crippen molar-refractivity contribution in [3.63, 3.8) is 0 Å². The van der Waals surface area contributed by atoms with E-state index in [1.807, 2.05) is 0 Å². The third-order valence-electron chi connectivity index (χ3n) is 5.10. The third-order valence-corrected chi connectivity index (χ3v) is 5.10. The van der Waals surface area contributed by atoms with E-state index in [2.05, 4.69) is 9.80 Å². The molecule has 0 aromatic heterocycles. The molecule has 0 spiro atoms. The Kier molecular flexibility index (Phi) is 3.89. The number of nitrogens with two attached hydrogens (primary N) is 1. The molecular weight excluding hydrogens is 226 g/mol. The summed E-state index contributed by atoms with van der Waals surface area (Å²) in [6.07, 6.45) is 5.36. The molecule has 0 aliphatic carbocycles. The minimum atomic E-state index is 0.247. The van der Waals surface area contributed by atoms with Crippen LogP contribution in [0.4, 0.5) is 0 Å². The van der Waals surface area contributed by atoms with E-state index in [4.69, 9.17) is 10.5 Å². The van der Waals surface area contributed by atoms with Crippen molar-refractivity contribution in [2.24, 2.45) is 11.1 Å². The second-order valence-electron chi connectivity index (χ2n) is 6.43. The van der Waals surface area contributed by atoms with Gasteiger partial charge in [-0.1, -0.05) is 6.42 Å². The van der Waals surface area contributed by atoms with Gasteiger partial charge in [0.05, 0.1) is 6.61 Å². The van der Waals surface area contributed by atoms with Crippen LogP contribution in [0.25, 0.3) is 0 Å². The summed E-state index contributed by atoms with van der Waals surface area (Å²) in [4.78, 5) is 5.34. The van der Waals surface area contributed by atoms with Crippen molar-refractivity contribution in [3.8, 4) is 0 Å². The Morgan fingerprint density at radius 3 is 2.94 bits per heavy atom. The van der Waals surface area contributed by atoms with Gasteiger partial charge in [0.2, 0.25) is 0 Å². The van der Waals surface area contributed by atoms with Crippen molar-refractivity contribution in [2.75, 3.05) is 52.5 Å². The summed E-state index contributed by atoms with van der Waals surface area (Å²) in [7, 11) is 0. The van der Waals surface area contributed by atoms with Crippen LogP contribution < -0.4 is 5.73 Å². The molecule has 0 radical (unpaired) electrons. The maximum absolute atomic E-state index is 6.00. The van der Waals surface area contributed by atoms with Gasteiger partial charge in [0.15, 0.2) is 0 Å². The minimum absolute atomic E-state index is 0.247. The average Bonchev–Trinajstić information content (AvgIpc) is 2.88. The molecule has 0 aromatic carbocycles. The molecule has 4 nitrogen and oxygen atoms in total. The van der Waals surface area contributed by atoms with Crippen molar-refractivity contribution < 1.29 is 4.74 Å². The molecule has 3 aliphatic heterocycles. The zero-order chi connectivity index (χ0) is 12.4. The van der Waals surface area contributed by atoms with Crippen LogP contribution in [-0.4, -0.2) is 68.3 Å². The first-order valence-electron chi connectivity index (χ1n) is 7.56. The van der Waals surface area contributed by atoms with Gasteiger partial charge in [-0.25, -0.2) is 0 Å². The van der Waals surface area contributed by atoms with E-state index in [1.165, 1.54) is 45.4 Å². The van der Waals surface area contributed by atoms with Gasteiger partial charge >= 0.3 is 0 Å². The fourth-order valence-corrected chi connectivity index (χ4v) is 3.84. The van der Waals surface area contributed by atoms with E-state index in [9.17, 15) is 0 Å². The lowest BCUT2D eigenvalue weighted by Crippen LogP contribution is -2.57. The molecule has 0 amide bonds. The van der Waals surface area contributed by atoms with E-state index >= 15 is 0 Å². The smallest absolute Gasteiger partial charge is 0.0547 e. The number of ether oxygens (including phenoxy) is 1. The maximum atomic E-state index is 6.00. The number of piperidine rings is 1. The first-order valence-corrected chi connectivity index (χ1v) is 7.56. The summed E-state index contributed by atoms with van der Waals surface area (Å²) < 4.78 is 5.58. The fourth-order valence-electron chi connectivity index (χ4n) is 3.84. The van der Waals surface area contributed by atoms with Gasteiger partial charge in [-0.2, -0.15) is 0 Å². The van der Waals surface area contributed by atoms with Crippen LogP contribution in [0.1, 0.15) is 25.7 Å². The standard InChI is InChI=1S/C14H27N3O/c15-10-14(4-8-18-12-14)11-16-6-7-17-5-2-1-3-13(17)9-16/h13H,1-12,15H2. The Bertz CT molecular complexity index is 278. The summed E-state index contributed by atoms with van der Waals surface area (Å²) >= 11 is 0. The molecule has 3 rings (SSSR count). The largest absolute Gasteiger partial charge is 0.381 e. The molecule has 3 fully saturated rings. The summed E-state index contributed by atoms with van der Waals surface area (Å²) in [6, 6.07) is 0.810. The second kappa shape index (κ2) is 5.45. The lowest BCUT2D eigenvalue weighted by molar-refractivity contribution is 0.0240. The Labute approximate surface area is 110 Å². The molecule has 0 bridgehead atoms. The number of rotatable bonds is 3. The van der Waals surface area contributed by atoms with Gasteiger partial charge < -0.3 is 10.5 Å². The van der Waals surface area contributed by atoms with Crippen LogP contribution in [0.15, 0.2) is 0 Å². The number of nitrogens with zero attached hydrogens (tertiary/aromatic N) is 2. The second-order valence-corrected chi connectivity index (χ2v) is 6.43. The Hall–Kier alpha value is -0.160. The molecule has 2 atom stereocenters. The maximum Gasteiger partial charge on any atom is 0.0547 e. The predicted octanol–water partition coefficient (Wildman–Crippen LogP) is 0.522. The SMILES string of the molecule is NCC1(CN2CCN3CCCCC3C2)CCOC1. The summed E-state index contributed by atoms with van der Waals surface area (Å²) in [5.74, 6) is 0. The van der Waals surface area contributed by atoms with E-state index in [0.717, 1.165) is 38.8 Å². The zero-order valence-electron chi connectivity index (χ0n) is 11.4. The molecular formula is C14H27N3O. The first kappa shape index (κ1) is 12.9. The number of fused-ring (bicyclic) bond motifs is 1. The Balaban J connectivity index is 1.57. The number of hydrogen-bond acceptors (Lipinski definition) is 4. The van der Waals surface area contributed by atoms with Crippen molar-refractivity contribution in [1.82, 2.24) is 9.80 Å². The zero-order valence-corrected chi connectivity index (χ0v) is 11.4. The van der Waals surface area contributed by atoms with Crippen LogP contribution in [0.3, 0.4) is 0 Å². The molecule has 3 aliphatic rings. The summed E-state index contributed by atoms with van der Waals surface area (Å²) in [5.41, 5.74) is 6.25. The Morgan fingerprint density at radius 2 is 2.17 bits per heavy atom. The van der Waals surface area contributed by atoms with Crippen molar-refractivity contribution >= 4 is 0 Å². The lowest BCUT2D eigenvalue weighted by atomic mass is 9.86. The highest BCUT2D eigenvalue weighted by Crippen LogP contribution is 2.30. The summed E-state index contributed by atoms with van der Waals surface area (Å²) in [6.45, 7) is 8.75. The van der Waals surface area contributed by atoms with Crippen molar-refractivity contribution in [2.45, 2.75) is 31.7 Å². The van der Waals surface area contributed by atoms with Gasteiger partial charge in [0.25, 0.3) is 0 Å². The van der Waals surface area contributed by atoms with Crippen molar-refractivity contribution in [1.29, 1.82) is 0 Å². The van der Waals surface area contributed by atoms with Gasteiger partial charge in [0, 0.05) is 50.8 Å². The van der Waals surface area contributed by atoms with Crippen molar-refractivity contribution in [3.05, 3.63) is 0 Å². The van der Waals surface area contributed by atoms with Crippen LogP contribution in [0.5, 0.6) is 0 Å². The predicted molar refractivity (Wildman–Crippen MR) is 72.6 cm³/mol. The topological polar surface area (TPSA) is 41.7 Å². The minimum Gasteiger partial charge on any atom is -0.381 e. The molecule has 0 aromatic rings. The molecule has 18 heavy (non-hydrogen) atoms. The quantitative estimate of drug-likeness (QED) is 0.796. The monoisotopic (exact) mass is 253 g/mol. The molecule has 2 unspecified atom stereocenters. The van der Waals surface area contributed by atoms with E-state index in [1.54, 1.807) is 0 Å². The van der Waals surface area contributed by atoms with Gasteiger partial charge in [-0.3, -0.25) is 9.80 Å². The Morgan fingerprint density at radius 1 is 1.22 bits per heavy atom. The molecule has 104 valence electrons. The normalized spacial score (nSPS) is 38.8. The van der Waals surface area contributed by atoms with Crippen LogP contribution in [-0.2, 0) is 4.74 Å². The lowest BCUT2D eigenvalue weighted by Gasteiger charge is -2.46. The molecule has 0 saturated carbocycles. The third kappa shape index (κ3) is 2.57. The van der Waals surface area contributed by atoms with E-state index < -0.39 is 0 Å². The van der Waals surface area contributed by atoms with Gasteiger partial charge in [-0.05, 0) is 25.8 Å². The highest BCUT2D eigenvalue weighted by molar-refractivity contribution is 4.91. The van der Waals surface area contributed by atoms with Crippen LogP contribution in [0.2, 0.25) is 0 Å². The molecule has 4 heteroatoms. The molecule has 3 saturated heterocycles. The average molecular weight is 253 g/mol. The summed E-state index contributed by atoms with van der Waals surface area (Å²) in [5, 5.41) is 0. The van der Waals surface area contributed by atoms with Gasteiger partial charge in [-0.15, -0.1) is 0 Å². The number of piperazine rings is 1. The molecule has 3 heterocycles. The van der Waals surface area contributed by atoms with Gasteiger partial charge in [0.1, 0.15) is 0 Å². The fraction of sp³-hybridized carbons (Fsp3) is 1.00. The highest BCUT2D eigenvalue weighted by Gasteiger charge is 2.37. The molecule has 2 N–H and O–H groups in total. The van der Waals surface area contributed by atoms with E-state index in [0.29, 0.717) is 0 Å². The first-order chi connectivity index (χ1) is 8.81. The highest BCUT2D eigenvalue weighted by atomic mass is 16.5.